The molecule has 0 amide bonds. The highest BCUT2D eigenvalue weighted by atomic mass is 32.2. The second-order valence-corrected chi connectivity index (χ2v) is 9.49. The molecule has 1 aromatic carbocycles. The van der Waals surface area contributed by atoms with E-state index in [1.807, 2.05) is 12.1 Å². The van der Waals surface area contributed by atoms with E-state index in [0.29, 0.717) is 11.8 Å². The van der Waals surface area contributed by atoms with Crippen LogP contribution >= 0.6 is 0 Å². The van der Waals surface area contributed by atoms with Gasteiger partial charge in [-0.2, -0.15) is 8.42 Å². The van der Waals surface area contributed by atoms with Gasteiger partial charge in [0.05, 0.1) is 13.4 Å². The number of likely N-dealkylation sites (N-methyl/N-ethyl adjacent to an activating group) is 1. The van der Waals surface area contributed by atoms with Crippen molar-refractivity contribution in [1.29, 1.82) is 0 Å². The van der Waals surface area contributed by atoms with Crippen molar-refractivity contribution in [2.24, 2.45) is 5.92 Å². The van der Waals surface area contributed by atoms with Crippen molar-refractivity contribution in [2.45, 2.75) is 36.5 Å². The molecule has 6 nitrogen and oxygen atoms in total. The third-order valence-electron chi connectivity index (χ3n) is 6.62. The number of ether oxygens (including phenoxy) is 2. The van der Waals surface area contributed by atoms with Crippen molar-refractivity contribution >= 4 is 10.1 Å². The highest BCUT2D eigenvalue weighted by Gasteiger charge is 2.65. The summed E-state index contributed by atoms with van der Waals surface area (Å²) in [6.07, 6.45) is 6.04. The maximum Gasteiger partial charge on any atom is 0.265 e. The molecule has 1 fully saturated rings. The summed E-state index contributed by atoms with van der Waals surface area (Å²) in [4.78, 5) is 2.42. The molecule has 1 saturated heterocycles. The standard InChI is InChI=1S/C19H23NO5S/c1-20-9-8-19-12-5-7-15(25-26(3,21)22)18(19)24-17-14(23-2)6-4-11(16(17)19)10-13(12)20/h4-7,12-13,15,18H,8-10H2,1-3H3/t12-,13+,15+,18+,19-/m0/s1. The van der Waals surface area contributed by atoms with Gasteiger partial charge in [-0.25, -0.2) is 0 Å². The summed E-state index contributed by atoms with van der Waals surface area (Å²) in [6.45, 7) is 0.955. The Kier molecular flexibility index (Phi) is 3.34. The maximum absolute atomic E-state index is 11.8. The summed E-state index contributed by atoms with van der Waals surface area (Å²) in [5.41, 5.74) is 2.24. The van der Waals surface area contributed by atoms with Crippen LogP contribution in [-0.4, -0.2) is 58.5 Å². The monoisotopic (exact) mass is 377 g/mol. The van der Waals surface area contributed by atoms with E-state index < -0.39 is 16.2 Å². The lowest BCUT2D eigenvalue weighted by Gasteiger charge is -2.56. The molecular formula is C19H23NO5S. The number of hydrogen-bond donors (Lipinski definition) is 0. The SMILES string of the molecule is COc1ccc2c3c1O[C@@H]1[C@H](OS(C)(=O)=O)C=C[C@H]4[C@@H](C2)N(C)CC[C@]314. The molecule has 2 aliphatic heterocycles. The van der Waals surface area contributed by atoms with Crippen LogP contribution in [0.3, 0.4) is 0 Å². The van der Waals surface area contributed by atoms with Crippen molar-refractivity contribution in [3.63, 3.8) is 0 Å². The Morgan fingerprint density at radius 2 is 2.12 bits per heavy atom. The summed E-state index contributed by atoms with van der Waals surface area (Å²) in [7, 11) is 0.223. The van der Waals surface area contributed by atoms with Gasteiger partial charge in [-0.05, 0) is 38.1 Å². The first-order valence-electron chi connectivity index (χ1n) is 8.99. The zero-order valence-electron chi connectivity index (χ0n) is 15.1. The van der Waals surface area contributed by atoms with Gasteiger partial charge in [0.15, 0.2) is 11.5 Å². The van der Waals surface area contributed by atoms with E-state index in [1.54, 1.807) is 7.11 Å². The molecule has 2 bridgehead atoms. The van der Waals surface area contributed by atoms with E-state index in [2.05, 4.69) is 24.1 Å². The number of methoxy groups -OCH3 is 1. The van der Waals surface area contributed by atoms with Gasteiger partial charge in [0.1, 0.15) is 12.2 Å². The average molecular weight is 377 g/mol. The zero-order valence-corrected chi connectivity index (χ0v) is 16.0. The van der Waals surface area contributed by atoms with Crippen LogP contribution < -0.4 is 9.47 Å². The number of rotatable bonds is 3. The molecule has 5 rings (SSSR count). The summed E-state index contributed by atoms with van der Waals surface area (Å²) in [5.74, 6) is 1.77. The van der Waals surface area contributed by atoms with Crippen LogP contribution in [0.5, 0.6) is 11.5 Å². The molecule has 2 heterocycles. The molecule has 0 aromatic heterocycles. The molecule has 1 spiro atoms. The van der Waals surface area contributed by atoms with E-state index in [4.69, 9.17) is 13.7 Å². The van der Waals surface area contributed by atoms with Crippen LogP contribution in [0.15, 0.2) is 24.3 Å². The van der Waals surface area contributed by atoms with Crippen LogP contribution in [0.4, 0.5) is 0 Å². The van der Waals surface area contributed by atoms with Crippen molar-refractivity contribution < 1.29 is 22.1 Å². The number of benzene rings is 1. The fourth-order valence-electron chi connectivity index (χ4n) is 5.65. The van der Waals surface area contributed by atoms with Gasteiger partial charge in [0.2, 0.25) is 0 Å². The summed E-state index contributed by atoms with van der Waals surface area (Å²) in [6, 6.07) is 4.48. The average Bonchev–Trinajstić information content (AvgIpc) is 2.93. The second-order valence-electron chi connectivity index (χ2n) is 7.89. The van der Waals surface area contributed by atoms with E-state index in [0.717, 1.165) is 31.4 Å². The van der Waals surface area contributed by atoms with Gasteiger partial charge in [-0.15, -0.1) is 0 Å². The molecule has 1 aromatic rings. The van der Waals surface area contributed by atoms with Gasteiger partial charge < -0.3 is 14.4 Å². The van der Waals surface area contributed by atoms with Crippen LogP contribution in [0, 0.1) is 5.92 Å². The number of nitrogens with zero attached hydrogens (tertiary/aromatic N) is 1. The van der Waals surface area contributed by atoms with Gasteiger partial charge >= 0.3 is 0 Å². The molecular weight excluding hydrogens is 354 g/mol. The first kappa shape index (κ1) is 16.6. The number of hydrogen-bond acceptors (Lipinski definition) is 6. The van der Waals surface area contributed by atoms with Crippen LogP contribution in [0.25, 0.3) is 0 Å². The lowest BCUT2D eigenvalue weighted by Crippen LogP contribution is -2.65. The molecule has 7 heteroatoms. The molecule has 0 unspecified atom stereocenters. The van der Waals surface area contributed by atoms with Gasteiger partial charge in [-0.1, -0.05) is 18.2 Å². The third-order valence-corrected chi connectivity index (χ3v) is 7.19. The highest BCUT2D eigenvalue weighted by Crippen LogP contribution is 2.62. The van der Waals surface area contributed by atoms with Gasteiger partial charge in [-0.3, -0.25) is 4.18 Å². The molecule has 2 aliphatic carbocycles. The van der Waals surface area contributed by atoms with Gasteiger partial charge in [0, 0.05) is 22.9 Å². The normalized spacial score (nSPS) is 37.2. The minimum absolute atomic E-state index is 0.251. The fourth-order valence-corrected chi connectivity index (χ4v) is 6.22. The first-order valence-corrected chi connectivity index (χ1v) is 10.8. The van der Waals surface area contributed by atoms with Crippen LogP contribution in [0.1, 0.15) is 17.5 Å². The lowest BCUT2D eigenvalue weighted by molar-refractivity contribution is -0.0365. The van der Waals surface area contributed by atoms with E-state index >= 15 is 0 Å². The first-order chi connectivity index (χ1) is 12.3. The number of likely N-dealkylation sites (tertiary alicyclic amines) is 1. The Morgan fingerprint density at radius 1 is 1.31 bits per heavy atom. The molecule has 5 atom stereocenters. The maximum atomic E-state index is 11.8. The third kappa shape index (κ3) is 2.02. The predicted molar refractivity (Wildman–Crippen MR) is 96.2 cm³/mol. The Balaban J connectivity index is 1.73. The molecule has 0 saturated carbocycles. The molecule has 140 valence electrons. The largest absolute Gasteiger partial charge is 0.493 e. The topological polar surface area (TPSA) is 65.1 Å². The van der Waals surface area contributed by atoms with Crippen molar-refractivity contribution in [3.8, 4) is 11.5 Å². The Labute approximate surface area is 153 Å². The van der Waals surface area contributed by atoms with E-state index in [-0.39, 0.29) is 17.4 Å². The number of piperidine rings is 1. The van der Waals surface area contributed by atoms with Crippen LogP contribution in [0.2, 0.25) is 0 Å². The summed E-state index contributed by atoms with van der Waals surface area (Å²) >= 11 is 0. The molecule has 26 heavy (non-hydrogen) atoms. The Bertz CT molecular complexity index is 911. The van der Waals surface area contributed by atoms with Crippen molar-refractivity contribution in [1.82, 2.24) is 4.90 Å². The van der Waals surface area contributed by atoms with Crippen molar-refractivity contribution in [2.75, 3.05) is 27.0 Å². The smallest absolute Gasteiger partial charge is 0.265 e. The van der Waals surface area contributed by atoms with Crippen LogP contribution in [-0.2, 0) is 26.1 Å². The highest BCUT2D eigenvalue weighted by molar-refractivity contribution is 7.86. The zero-order chi connectivity index (χ0) is 18.3. The van der Waals surface area contributed by atoms with Gasteiger partial charge in [0.25, 0.3) is 10.1 Å². The molecule has 0 N–H and O–H groups in total. The Hall–Kier alpha value is -1.57. The minimum atomic E-state index is -3.59. The van der Waals surface area contributed by atoms with Crippen molar-refractivity contribution in [3.05, 3.63) is 35.4 Å². The van der Waals surface area contributed by atoms with E-state index in [1.165, 1.54) is 11.1 Å². The quantitative estimate of drug-likeness (QED) is 0.587. The summed E-state index contributed by atoms with van der Waals surface area (Å²) < 4.78 is 41.0. The predicted octanol–water partition coefficient (Wildman–Crippen LogP) is 1.49. The fraction of sp³-hybridized carbons (Fsp3) is 0.579. The summed E-state index contributed by atoms with van der Waals surface area (Å²) in [5, 5.41) is 0. The molecule has 0 radical (unpaired) electrons. The molecule has 4 aliphatic rings. The lowest BCUT2D eigenvalue weighted by atomic mass is 9.53. The Morgan fingerprint density at radius 3 is 2.85 bits per heavy atom. The van der Waals surface area contributed by atoms with E-state index in [9.17, 15) is 8.42 Å². The second kappa shape index (κ2) is 5.24. The minimum Gasteiger partial charge on any atom is -0.493 e.